The van der Waals surface area contributed by atoms with E-state index in [9.17, 15) is 9.59 Å². The third-order valence-electron chi connectivity index (χ3n) is 4.34. The monoisotopic (exact) mass is 342 g/mol. The molecular formula is C19H26N4O2. The lowest BCUT2D eigenvalue weighted by molar-refractivity contribution is -0.117. The minimum atomic E-state index is -0.568. The number of Topliss-reactive ketones (excluding diaryl/α,β-unsaturated/α-hetero) is 1. The van der Waals surface area contributed by atoms with Gasteiger partial charge in [-0.15, -0.1) is 0 Å². The summed E-state index contributed by atoms with van der Waals surface area (Å²) in [7, 11) is 1.76. The highest BCUT2D eigenvalue weighted by molar-refractivity contribution is 6.43. The zero-order valence-corrected chi connectivity index (χ0v) is 15.4. The van der Waals surface area contributed by atoms with Crippen molar-refractivity contribution in [3.8, 4) is 0 Å². The number of aryl methyl sites for hydroxylation is 2. The van der Waals surface area contributed by atoms with Crippen LogP contribution in [0.4, 0.5) is 5.69 Å². The Morgan fingerprint density at radius 2 is 1.88 bits per heavy atom. The van der Waals surface area contributed by atoms with Crippen molar-refractivity contribution >= 4 is 17.4 Å². The van der Waals surface area contributed by atoms with E-state index in [0.29, 0.717) is 23.5 Å². The quantitative estimate of drug-likeness (QED) is 0.454. The third kappa shape index (κ3) is 4.47. The van der Waals surface area contributed by atoms with Gasteiger partial charge in [-0.3, -0.25) is 14.3 Å². The van der Waals surface area contributed by atoms with Crippen LogP contribution in [-0.4, -0.2) is 41.1 Å². The van der Waals surface area contributed by atoms with Crippen molar-refractivity contribution in [1.29, 1.82) is 0 Å². The van der Waals surface area contributed by atoms with Crippen LogP contribution in [0.5, 0.6) is 0 Å². The normalized spacial score (nSPS) is 10.6. The Bertz CT molecular complexity index is 737. The maximum absolute atomic E-state index is 12.3. The fourth-order valence-corrected chi connectivity index (χ4v) is 2.88. The van der Waals surface area contributed by atoms with Crippen LogP contribution >= 0.6 is 0 Å². The zero-order valence-electron chi connectivity index (χ0n) is 15.4. The molecule has 1 aromatic carbocycles. The summed E-state index contributed by atoms with van der Waals surface area (Å²) < 4.78 is 1.62. The SMILES string of the molecule is CCN(CCCNC(=O)C(=O)c1c(C)nn(C)c1C)c1ccccc1. The highest BCUT2D eigenvalue weighted by atomic mass is 16.2. The number of rotatable bonds is 8. The Balaban J connectivity index is 1.85. The van der Waals surface area contributed by atoms with Gasteiger partial charge in [-0.2, -0.15) is 5.10 Å². The summed E-state index contributed by atoms with van der Waals surface area (Å²) in [5.74, 6) is -1.08. The first-order valence-electron chi connectivity index (χ1n) is 8.58. The second kappa shape index (κ2) is 8.46. The number of ketones is 1. The minimum Gasteiger partial charge on any atom is -0.372 e. The Labute approximate surface area is 148 Å². The van der Waals surface area contributed by atoms with E-state index in [0.717, 1.165) is 25.2 Å². The summed E-state index contributed by atoms with van der Waals surface area (Å²) in [5, 5.41) is 6.91. The smallest absolute Gasteiger partial charge is 0.292 e. The number of carbonyl (C=O) groups is 2. The van der Waals surface area contributed by atoms with Gasteiger partial charge in [0.2, 0.25) is 0 Å². The molecule has 1 amide bonds. The lowest BCUT2D eigenvalue weighted by Crippen LogP contribution is -2.34. The molecule has 1 N–H and O–H groups in total. The van der Waals surface area contributed by atoms with Crippen LogP contribution in [-0.2, 0) is 11.8 Å². The van der Waals surface area contributed by atoms with E-state index in [2.05, 4.69) is 34.4 Å². The fraction of sp³-hybridized carbons (Fsp3) is 0.421. The van der Waals surface area contributed by atoms with Gasteiger partial charge < -0.3 is 10.2 Å². The molecule has 1 heterocycles. The lowest BCUT2D eigenvalue weighted by Gasteiger charge is -2.23. The number of nitrogens with zero attached hydrogens (tertiary/aromatic N) is 3. The summed E-state index contributed by atoms with van der Waals surface area (Å²) >= 11 is 0. The van der Waals surface area contributed by atoms with Crippen molar-refractivity contribution in [1.82, 2.24) is 15.1 Å². The molecule has 25 heavy (non-hydrogen) atoms. The van der Waals surface area contributed by atoms with Crippen LogP contribution in [0.25, 0.3) is 0 Å². The van der Waals surface area contributed by atoms with Crippen molar-refractivity contribution in [2.75, 3.05) is 24.5 Å². The number of amides is 1. The molecule has 0 spiro atoms. The molecular weight excluding hydrogens is 316 g/mol. The van der Waals surface area contributed by atoms with Crippen molar-refractivity contribution in [2.24, 2.45) is 7.05 Å². The van der Waals surface area contributed by atoms with Crippen LogP contribution < -0.4 is 10.2 Å². The Morgan fingerprint density at radius 1 is 1.20 bits per heavy atom. The number of carbonyl (C=O) groups excluding carboxylic acids is 2. The van der Waals surface area contributed by atoms with Gasteiger partial charge >= 0.3 is 0 Å². The first-order valence-corrected chi connectivity index (χ1v) is 8.58. The molecule has 0 saturated heterocycles. The molecule has 6 nitrogen and oxygen atoms in total. The second-order valence-electron chi connectivity index (χ2n) is 6.02. The fourth-order valence-electron chi connectivity index (χ4n) is 2.88. The molecule has 134 valence electrons. The van der Waals surface area contributed by atoms with Crippen LogP contribution in [0, 0.1) is 13.8 Å². The predicted octanol–water partition coefficient (Wildman–Crippen LogP) is 2.25. The van der Waals surface area contributed by atoms with Crippen molar-refractivity contribution < 1.29 is 9.59 Å². The number of hydrogen-bond acceptors (Lipinski definition) is 4. The number of nitrogens with one attached hydrogen (secondary N) is 1. The summed E-state index contributed by atoms with van der Waals surface area (Å²) in [6, 6.07) is 10.2. The average molecular weight is 342 g/mol. The van der Waals surface area contributed by atoms with Crippen LogP contribution in [0.1, 0.15) is 35.1 Å². The summed E-state index contributed by atoms with van der Waals surface area (Å²) in [5.41, 5.74) is 2.86. The topological polar surface area (TPSA) is 67.2 Å². The van der Waals surface area contributed by atoms with E-state index in [1.54, 1.807) is 25.6 Å². The van der Waals surface area contributed by atoms with Gasteiger partial charge in [-0.1, -0.05) is 18.2 Å². The largest absolute Gasteiger partial charge is 0.372 e. The molecule has 0 fully saturated rings. The molecule has 0 atom stereocenters. The Hall–Kier alpha value is -2.63. The van der Waals surface area contributed by atoms with Crippen LogP contribution in [0.15, 0.2) is 30.3 Å². The van der Waals surface area contributed by atoms with Gasteiger partial charge in [-0.05, 0) is 39.3 Å². The minimum absolute atomic E-state index is 0.402. The molecule has 0 aliphatic carbocycles. The number of anilines is 1. The van der Waals surface area contributed by atoms with Gasteiger partial charge in [-0.25, -0.2) is 0 Å². The Kier molecular flexibility index (Phi) is 6.33. The van der Waals surface area contributed by atoms with E-state index < -0.39 is 11.7 Å². The standard InChI is InChI=1S/C19H26N4O2/c1-5-23(16-10-7-6-8-11-16)13-9-12-20-19(25)18(24)17-14(2)21-22(4)15(17)3/h6-8,10-11H,5,9,12-13H2,1-4H3,(H,20,25). The highest BCUT2D eigenvalue weighted by Crippen LogP contribution is 2.14. The number of benzene rings is 1. The van der Waals surface area contributed by atoms with Crippen LogP contribution in [0.2, 0.25) is 0 Å². The average Bonchev–Trinajstić information content (AvgIpc) is 2.87. The molecule has 0 aliphatic heterocycles. The van der Waals surface area contributed by atoms with E-state index in [1.807, 2.05) is 18.2 Å². The van der Waals surface area contributed by atoms with E-state index in [-0.39, 0.29) is 0 Å². The summed E-state index contributed by atoms with van der Waals surface area (Å²) in [6.45, 7) is 7.81. The molecule has 2 rings (SSSR count). The van der Waals surface area contributed by atoms with E-state index in [1.165, 1.54) is 0 Å². The highest BCUT2D eigenvalue weighted by Gasteiger charge is 2.23. The van der Waals surface area contributed by atoms with Crippen LogP contribution in [0.3, 0.4) is 0 Å². The zero-order chi connectivity index (χ0) is 18.4. The predicted molar refractivity (Wildman–Crippen MR) is 99.0 cm³/mol. The molecule has 1 aromatic heterocycles. The van der Waals surface area contributed by atoms with Crippen molar-refractivity contribution in [2.45, 2.75) is 27.2 Å². The van der Waals surface area contributed by atoms with Gasteiger partial charge in [0.15, 0.2) is 0 Å². The molecule has 0 aliphatic rings. The number of hydrogen-bond donors (Lipinski definition) is 1. The van der Waals surface area contributed by atoms with E-state index in [4.69, 9.17) is 0 Å². The molecule has 0 unspecified atom stereocenters. The molecule has 6 heteroatoms. The summed E-state index contributed by atoms with van der Waals surface area (Å²) in [4.78, 5) is 26.7. The van der Waals surface area contributed by atoms with Gasteiger partial charge in [0.1, 0.15) is 0 Å². The lowest BCUT2D eigenvalue weighted by atomic mass is 10.1. The Morgan fingerprint density at radius 3 is 2.44 bits per heavy atom. The maximum Gasteiger partial charge on any atom is 0.292 e. The number of para-hydroxylation sites is 1. The maximum atomic E-state index is 12.3. The molecule has 2 aromatic rings. The van der Waals surface area contributed by atoms with Gasteiger partial charge in [0, 0.05) is 38.1 Å². The number of aromatic nitrogens is 2. The second-order valence-corrected chi connectivity index (χ2v) is 6.02. The van der Waals surface area contributed by atoms with E-state index >= 15 is 0 Å². The third-order valence-corrected chi connectivity index (χ3v) is 4.34. The van der Waals surface area contributed by atoms with Gasteiger partial charge in [0.05, 0.1) is 11.3 Å². The molecule has 0 radical (unpaired) electrons. The van der Waals surface area contributed by atoms with Gasteiger partial charge in [0.25, 0.3) is 11.7 Å². The van der Waals surface area contributed by atoms with Crippen molar-refractivity contribution in [3.63, 3.8) is 0 Å². The summed E-state index contributed by atoms with van der Waals surface area (Å²) in [6.07, 6.45) is 0.771. The first-order chi connectivity index (χ1) is 12.0. The molecule has 0 saturated carbocycles. The van der Waals surface area contributed by atoms with Crippen molar-refractivity contribution in [3.05, 3.63) is 47.3 Å². The molecule has 0 bridgehead atoms. The first kappa shape index (κ1) is 18.7.